The van der Waals surface area contributed by atoms with Gasteiger partial charge in [-0.05, 0) is 70.6 Å². The molecule has 2 saturated carbocycles. The van der Waals surface area contributed by atoms with Gasteiger partial charge in [-0.15, -0.1) is 11.6 Å². The average Bonchev–Trinajstić information content (AvgIpc) is 3.07. The molecule has 0 aromatic heterocycles. The molecule has 2 nitrogen and oxygen atoms in total. The number of alkyl halides is 1. The summed E-state index contributed by atoms with van der Waals surface area (Å²) in [6.45, 7) is 0.802. The Balaban J connectivity index is 1.70. The van der Waals surface area contributed by atoms with Crippen LogP contribution in [0.1, 0.15) is 31.2 Å². The van der Waals surface area contributed by atoms with E-state index in [9.17, 15) is 0 Å². The molecule has 3 rings (SSSR count). The van der Waals surface area contributed by atoms with Crippen LogP contribution in [0.5, 0.6) is 11.5 Å². The van der Waals surface area contributed by atoms with Crippen LogP contribution in [0.25, 0.3) is 0 Å². The van der Waals surface area contributed by atoms with Crippen molar-refractivity contribution in [3.8, 4) is 11.5 Å². The summed E-state index contributed by atoms with van der Waals surface area (Å²) in [7, 11) is 1.67. The molecule has 4 heteroatoms. The largest absolute Gasteiger partial charge is 0.493 e. The Hall–Kier alpha value is -0.410. The molecule has 1 aromatic rings. The summed E-state index contributed by atoms with van der Waals surface area (Å²) in [4.78, 5) is 0. The third-order valence-corrected chi connectivity index (χ3v) is 5.67. The first kappa shape index (κ1) is 14.5. The van der Waals surface area contributed by atoms with Crippen molar-refractivity contribution in [3.05, 3.63) is 22.2 Å². The third-order valence-electron chi connectivity index (χ3n) is 4.77. The molecule has 0 saturated heterocycles. The summed E-state index contributed by atoms with van der Waals surface area (Å²) in [6, 6.07) is 3.96. The molecule has 3 atom stereocenters. The molecule has 3 unspecified atom stereocenters. The average molecular weight is 360 g/mol. The Kier molecular flexibility index (Phi) is 4.46. The lowest BCUT2D eigenvalue weighted by molar-refractivity contribution is 0.189. The fourth-order valence-electron chi connectivity index (χ4n) is 3.76. The maximum Gasteiger partial charge on any atom is 0.175 e. The van der Waals surface area contributed by atoms with E-state index in [1.165, 1.54) is 25.7 Å². The fraction of sp³-hybridized carbons (Fsp3) is 0.625. The summed E-state index contributed by atoms with van der Waals surface area (Å²) < 4.78 is 12.4. The van der Waals surface area contributed by atoms with Gasteiger partial charge in [0.2, 0.25) is 0 Å². The number of ether oxygens (including phenoxy) is 2. The summed E-state index contributed by atoms with van der Waals surface area (Å²) >= 11 is 9.45. The summed E-state index contributed by atoms with van der Waals surface area (Å²) in [5.74, 6) is 4.60. The molecule has 110 valence electrons. The highest BCUT2D eigenvalue weighted by atomic mass is 79.9. The number of halogens is 2. The second-order valence-electron chi connectivity index (χ2n) is 5.99. The van der Waals surface area contributed by atoms with Crippen molar-refractivity contribution in [2.75, 3.05) is 13.7 Å². The first-order valence-electron chi connectivity index (χ1n) is 7.26. The Morgan fingerprint density at radius 3 is 2.75 bits per heavy atom. The van der Waals surface area contributed by atoms with Crippen molar-refractivity contribution in [3.63, 3.8) is 0 Å². The predicted octanol–water partition coefficient (Wildman–Crippen LogP) is 5.01. The van der Waals surface area contributed by atoms with Crippen molar-refractivity contribution < 1.29 is 9.47 Å². The maximum absolute atomic E-state index is 6.08. The van der Waals surface area contributed by atoms with Crippen molar-refractivity contribution in [2.24, 2.45) is 17.8 Å². The zero-order chi connectivity index (χ0) is 14.1. The van der Waals surface area contributed by atoms with Crippen molar-refractivity contribution in [2.45, 2.75) is 31.6 Å². The van der Waals surface area contributed by atoms with Crippen molar-refractivity contribution in [1.82, 2.24) is 0 Å². The highest BCUT2D eigenvalue weighted by Gasteiger charge is 2.39. The number of methoxy groups -OCH3 is 1. The van der Waals surface area contributed by atoms with Gasteiger partial charge in [0.05, 0.1) is 18.2 Å². The van der Waals surface area contributed by atoms with Crippen LogP contribution in [0.3, 0.4) is 0 Å². The van der Waals surface area contributed by atoms with Gasteiger partial charge in [-0.1, -0.05) is 6.42 Å². The van der Waals surface area contributed by atoms with Gasteiger partial charge >= 0.3 is 0 Å². The first-order chi connectivity index (χ1) is 9.71. The van der Waals surface area contributed by atoms with E-state index in [-0.39, 0.29) is 0 Å². The quantitative estimate of drug-likeness (QED) is 0.688. The topological polar surface area (TPSA) is 18.5 Å². The molecule has 2 fully saturated rings. The molecule has 0 radical (unpaired) electrons. The van der Waals surface area contributed by atoms with E-state index in [1.54, 1.807) is 7.11 Å². The van der Waals surface area contributed by atoms with Gasteiger partial charge in [0, 0.05) is 5.88 Å². The number of benzene rings is 1. The van der Waals surface area contributed by atoms with Crippen LogP contribution in [0.15, 0.2) is 16.6 Å². The minimum atomic E-state index is 0.474. The zero-order valence-electron chi connectivity index (χ0n) is 11.7. The zero-order valence-corrected chi connectivity index (χ0v) is 14.0. The van der Waals surface area contributed by atoms with E-state index in [1.807, 2.05) is 12.1 Å². The Labute approximate surface area is 133 Å². The SMILES string of the molecule is COc1cc(CCl)cc(Br)c1OCC1CC2CCC1C2. The standard InChI is InChI=1S/C16H20BrClO2/c1-19-15-7-11(8-18)6-14(17)16(15)20-9-13-5-10-2-3-12(13)4-10/h6-7,10,12-13H,2-5,8-9H2,1H3. The summed E-state index contributed by atoms with van der Waals surface area (Å²) in [6.07, 6.45) is 5.57. The predicted molar refractivity (Wildman–Crippen MR) is 84.7 cm³/mol. The van der Waals surface area contributed by atoms with Crippen LogP contribution in [-0.4, -0.2) is 13.7 Å². The lowest BCUT2D eigenvalue weighted by atomic mass is 9.89. The normalized spacial score (nSPS) is 27.9. The van der Waals surface area contributed by atoms with E-state index < -0.39 is 0 Å². The molecule has 2 aliphatic rings. The van der Waals surface area contributed by atoms with Crippen LogP contribution in [0.4, 0.5) is 0 Å². The minimum Gasteiger partial charge on any atom is -0.493 e. The molecule has 20 heavy (non-hydrogen) atoms. The third kappa shape index (κ3) is 2.80. The Morgan fingerprint density at radius 1 is 1.30 bits per heavy atom. The highest BCUT2D eigenvalue weighted by Crippen LogP contribution is 2.48. The van der Waals surface area contributed by atoms with Crippen LogP contribution >= 0.6 is 27.5 Å². The van der Waals surface area contributed by atoms with Gasteiger partial charge in [-0.3, -0.25) is 0 Å². The molecule has 0 spiro atoms. The van der Waals surface area contributed by atoms with E-state index in [0.29, 0.717) is 5.88 Å². The molecule has 0 aliphatic heterocycles. The van der Waals surface area contributed by atoms with Gasteiger partial charge in [-0.2, -0.15) is 0 Å². The van der Waals surface area contributed by atoms with Gasteiger partial charge < -0.3 is 9.47 Å². The molecule has 0 N–H and O–H groups in total. The number of fused-ring (bicyclic) bond motifs is 2. The summed E-state index contributed by atoms with van der Waals surface area (Å²) in [5, 5.41) is 0. The number of rotatable bonds is 5. The van der Waals surface area contributed by atoms with Crippen molar-refractivity contribution >= 4 is 27.5 Å². The van der Waals surface area contributed by atoms with Gasteiger partial charge in [-0.25, -0.2) is 0 Å². The van der Waals surface area contributed by atoms with Crippen LogP contribution in [-0.2, 0) is 5.88 Å². The van der Waals surface area contributed by atoms with E-state index in [4.69, 9.17) is 21.1 Å². The van der Waals surface area contributed by atoms with E-state index in [2.05, 4.69) is 15.9 Å². The second kappa shape index (κ2) is 6.15. The smallest absolute Gasteiger partial charge is 0.175 e. The lowest BCUT2D eigenvalue weighted by Gasteiger charge is -2.23. The lowest BCUT2D eigenvalue weighted by Crippen LogP contribution is -2.18. The van der Waals surface area contributed by atoms with Gasteiger partial charge in [0.15, 0.2) is 11.5 Å². The molecule has 2 aliphatic carbocycles. The van der Waals surface area contributed by atoms with Crippen LogP contribution < -0.4 is 9.47 Å². The molecule has 0 amide bonds. The molecular weight excluding hydrogens is 340 g/mol. The number of hydrogen-bond donors (Lipinski definition) is 0. The second-order valence-corrected chi connectivity index (χ2v) is 7.11. The molecular formula is C16H20BrClO2. The van der Waals surface area contributed by atoms with Crippen LogP contribution in [0.2, 0.25) is 0 Å². The van der Waals surface area contributed by atoms with Crippen LogP contribution in [0, 0.1) is 17.8 Å². The number of hydrogen-bond acceptors (Lipinski definition) is 2. The Morgan fingerprint density at radius 2 is 2.15 bits per heavy atom. The fourth-order valence-corrected chi connectivity index (χ4v) is 4.52. The van der Waals surface area contributed by atoms with Crippen molar-refractivity contribution in [1.29, 1.82) is 0 Å². The first-order valence-corrected chi connectivity index (χ1v) is 8.59. The summed E-state index contributed by atoms with van der Waals surface area (Å²) in [5.41, 5.74) is 1.03. The van der Waals surface area contributed by atoms with E-state index in [0.717, 1.165) is 45.9 Å². The molecule has 2 bridgehead atoms. The monoisotopic (exact) mass is 358 g/mol. The van der Waals surface area contributed by atoms with Gasteiger partial charge in [0.1, 0.15) is 0 Å². The Bertz CT molecular complexity index is 492. The minimum absolute atomic E-state index is 0.474. The maximum atomic E-state index is 6.08. The van der Waals surface area contributed by atoms with E-state index >= 15 is 0 Å². The molecule has 0 heterocycles. The molecule has 1 aromatic carbocycles. The van der Waals surface area contributed by atoms with Gasteiger partial charge in [0.25, 0.3) is 0 Å². The highest BCUT2D eigenvalue weighted by molar-refractivity contribution is 9.10.